The Bertz CT molecular complexity index is 932. The highest BCUT2D eigenvalue weighted by atomic mass is 79.9. The van der Waals surface area contributed by atoms with Crippen LogP contribution in [0.1, 0.15) is 27.1 Å². The summed E-state index contributed by atoms with van der Waals surface area (Å²) in [7, 11) is 0. The van der Waals surface area contributed by atoms with Crippen molar-refractivity contribution >= 4 is 39.2 Å². The molecule has 2 aromatic carbocycles. The number of aromatic carboxylic acids is 1. The molecule has 2 N–H and O–H groups in total. The van der Waals surface area contributed by atoms with Crippen molar-refractivity contribution in [2.24, 2.45) is 0 Å². The molecule has 1 heterocycles. The van der Waals surface area contributed by atoms with E-state index in [1.165, 1.54) is 0 Å². The topological polar surface area (TPSA) is 96.7 Å². The molecule has 2 aromatic rings. The number of piperazine rings is 1. The first-order chi connectivity index (χ1) is 14.0. The van der Waals surface area contributed by atoms with Crippen LogP contribution in [0.2, 0.25) is 0 Å². The Morgan fingerprint density at radius 3 is 2.41 bits per heavy atom. The average molecular weight is 457 g/mol. The number of hydrogen-bond donors (Lipinski definition) is 2. The third kappa shape index (κ3) is 5.34. The molecule has 3 rings (SSSR count). The summed E-state index contributed by atoms with van der Waals surface area (Å²) in [6, 6.07) is 14.1. The van der Waals surface area contributed by atoms with Gasteiger partial charge in [-0.25, -0.2) is 4.79 Å². The summed E-state index contributed by atoms with van der Waals surface area (Å²) < 4.78 is 0.859. The Morgan fingerprint density at radius 1 is 1.10 bits per heavy atom. The van der Waals surface area contributed by atoms with Gasteiger partial charge in [0.25, 0.3) is 5.91 Å². The highest BCUT2D eigenvalue weighted by Gasteiger charge is 2.20. The van der Waals surface area contributed by atoms with Gasteiger partial charge in [0, 0.05) is 54.9 Å². The quantitative estimate of drug-likeness (QED) is 0.690. The Morgan fingerprint density at radius 2 is 1.79 bits per heavy atom. The Kier molecular flexibility index (Phi) is 6.86. The third-order valence-corrected chi connectivity index (χ3v) is 5.39. The Labute approximate surface area is 177 Å². The van der Waals surface area contributed by atoms with Crippen molar-refractivity contribution in [2.75, 3.05) is 42.9 Å². The molecule has 1 amide bonds. The van der Waals surface area contributed by atoms with E-state index >= 15 is 0 Å². The molecule has 7 nitrogen and oxygen atoms in total. The number of carbonyl (C=O) groups is 2. The van der Waals surface area contributed by atoms with Gasteiger partial charge in [0.05, 0.1) is 17.3 Å². The van der Waals surface area contributed by atoms with Gasteiger partial charge in [-0.2, -0.15) is 5.26 Å². The lowest BCUT2D eigenvalue weighted by molar-refractivity contribution is 0.0698. The van der Waals surface area contributed by atoms with Crippen molar-refractivity contribution in [1.82, 2.24) is 4.90 Å². The highest BCUT2D eigenvalue weighted by Crippen LogP contribution is 2.25. The number of carboxylic acid groups (broad SMARTS) is 1. The molecular formula is C21H21BrN4O3. The molecule has 0 spiro atoms. The van der Waals surface area contributed by atoms with Crippen LogP contribution in [0.3, 0.4) is 0 Å². The minimum absolute atomic E-state index is 0.0554. The molecule has 0 aromatic heterocycles. The van der Waals surface area contributed by atoms with Gasteiger partial charge < -0.3 is 15.3 Å². The summed E-state index contributed by atoms with van der Waals surface area (Å²) in [6.45, 7) is 3.92. The molecule has 8 heteroatoms. The van der Waals surface area contributed by atoms with Gasteiger partial charge in [-0.05, 0) is 42.5 Å². The van der Waals surface area contributed by atoms with Crippen molar-refractivity contribution in [1.29, 1.82) is 5.26 Å². The second-order valence-electron chi connectivity index (χ2n) is 6.73. The number of amides is 1. The molecular weight excluding hydrogens is 436 g/mol. The number of hydrogen-bond acceptors (Lipinski definition) is 5. The molecule has 150 valence electrons. The molecule has 1 aliphatic rings. The lowest BCUT2D eigenvalue weighted by Crippen LogP contribution is -2.46. The molecule has 0 saturated carbocycles. The largest absolute Gasteiger partial charge is 0.478 e. The molecule has 0 aliphatic carbocycles. The molecule has 0 bridgehead atoms. The smallest absolute Gasteiger partial charge is 0.337 e. The summed E-state index contributed by atoms with van der Waals surface area (Å²) in [4.78, 5) is 28.6. The maximum Gasteiger partial charge on any atom is 0.337 e. The fourth-order valence-corrected chi connectivity index (χ4v) is 3.51. The van der Waals surface area contributed by atoms with Crippen LogP contribution in [0.25, 0.3) is 0 Å². The highest BCUT2D eigenvalue weighted by molar-refractivity contribution is 9.10. The van der Waals surface area contributed by atoms with E-state index in [0.717, 1.165) is 42.9 Å². The fraction of sp³-hybridized carbons (Fsp3) is 0.286. The number of anilines is 2. The van der Waals surface area contributed by atoms with E-state index in [2.05, 4.69) is 37.1 Å². The lowest BCUT2D eigenvalue weighted by Gasteiger charge is -2.36. The van der Waals surface area contributed by atoms with Gasteiger partial charge >= 0.3 is 5.97 Å². The maximum absolute atomic E-state index is 12.5. The normalized spacial score (nSPS) is 14.3. The maximum atomic E-state index is 12.5. The first kappa shape index (κ1) is 20.8. The number of nitriles is 1. The molecule has 29 heavy (non-hydrogen) atoms. The van der Waals surface area contributed by atoms with Gasteiger partial charge in [0.15, 0.2) is 0 Å². The van der Waals surface area contributed by atoms with Gasteiger partial charge in [0.1, 0.15) is 0 Å². The minimum atomic E-state index is -1.09. The van der Waals surface area contributed by atoms with E-state index in [4.69, 9.17) is 5.26 Å². The number of carboxylic acids is 1. The van der Waals surface area contributed by atoms with Crippen molar-refractivity contribution in [3.05, 3.63) is 58.1 Å². The zero-order valence-electron chi connectivity index (χ0n) is 15.8. The van der Waals surface area contributed by atoms with Gasteiger partial charge in [-0.1, -0.05) is 15.9 Å². The van der Waals surface area contributed by atoms with Crippen molar-refractivity contribution < 1.29 is 14.7 Å². The summed E-state index contributed by atoms with van der Waals surface area (Å²) in [5, 5.41) is 21.0. The van der Waals surface area contributed by atoms with Gasteiger partial charge in [-0.3, -0.25) is 9.69 Å². The van der Waals surface area contributed by atoms with E-state index in [9.17, 15) is 14.7 Å². The number of nitrogens with zero attached hydrogens (tertiary/aromatic N) is 3. The summed E-state index contributed by atoms with van der Waals surface area (Å²) in [5.41, 5.74) is 1.58. The number of benzene rings is 2. The number of halogens is 1. The second-order valence-corrected chi connectivity index (χ2v) is 7.65. The molecule has 1 fully saturated rings. The van der Waals surface area contributed by atoms with Crippen LogP contribution in [-0.4, -0.2) is 54.6 Å². The number of nitrogens with one attached hydrogen (secondary N) is 1. The van der Waals surface area contributed by atoms with Gasteiger partial charge in [-0.15, -0.1) is 0 Å². The zero-order chi connectivity index (χ0) is 20.8. The van der Waals surface area contributed by atoms with Crippen molar-refractivity contribution in [2.45, 2.75) is 6.42 Å². The van der Waals surface area contributed by atoms with Crippen LogP contribution in [0.5, 0.6) is 0 Å². The van der Waals surface area contributed by atoms with Crippen LogP contribution in [0, 0.1) is 11.3 Å². The van der Waals surface area contributed by atoms with Crippen LogP contribution in [-0.2, 0) is 0 Å². The average Bonchev–Trinajstić information content (AvgIpc) is 2.73. The van der Waals surface area contributed by atoms with Crippen LogP contribution < -0.4 is 10.2 Å². The first-order valence-electron chi connectivity index (χ1n) is 9.26. The SMILES string of the molecule is N#CCCN1CCN(c2ccc(NC(=O)c3ccc(Br)cc3)c(C(=O)O)c2)CC1. The van der Waals surface area contributed by atoms with Crippen LogP contribution >= 0.6 is 15.9 Å². The van der Waals surface area contributed by atoms with E-state index in [1.54, 1.807) is 36.4 Å². The van der Waals surface area contributed by atoms with Crippen LogP contribution in [0.15, 0.2) is 46.9 Å². The second kappa shape index (κ2) is 9.54. The van der Waals surface area contributed by atoms with E-state index in [0.29, 0.717) is 12.0 Å². The van der Waals surface area contributed by atoms with Crippen molar-refractivity contribution in [3.63, 3.8) is 0 Å². The number of rotatable bonds is 6. The zero-order valence-corrected chi connectivity index (χ0v) is 17.4. The molecule has 0 radical (unpaired) electrons. The standard InChI is InChI=1S/C21H21BrN4O3/c22-16-4-2-15(3-5-16)20(27)24-19-7-6-17(14-18(19)21(28)29)26-12-10-25(11-13-26)9-1-8-23/h2-7,14H,1,9-13H2,(H,24,27)(H,28,29). The predicted molar refractivity (Wildman–Crippen MR) is 114 cm³/mol. The molecule has 0 atom stereocenters. The first-order valence-corrected chi connectivity index (χ1v) is 10.1. The summed E-state index contributed by atoms with van der Waals surface area (Å²) >= 11 is 3.32. The van der Waals surface area contributed by atoms with Crippen LogP contribution in [0.4, 0.5) is 11.4 Å². The van der Waals surface area contributed by atoms with E-state index < -0.39 is 5.97 Å². The fourth-order valence-electron chi connectivity index (χ4n) is 3.25. The predicted octanol–water partition coefficient (Wildman–Crippen LogP) is 3.44. The summed E-state index contributed by atoms with van der Waals surface area (Å²) in [5.74, 6) is -1.45. The van der Waals surface area contributed by atoms with E-state index in [-0.39, 0.29) is 17.2 Å². The molecule has 0 unspecified atom stereocenters. The lowest BCUT2D eigenvalue weighted by atomic mass is 10.1. The minimum Gasteiger partial charge on any atom is -0.478 e. The number of carbonyl (C=O) groups excluding carboxylic acids is 1. The Hall–Kier alpha value is -2.89. The summed E-state index contributed by atoms with van der Waals surface area (Å²) in [6.07, 6.45) is 0.510. The van der Waals surface area contributed by atoms with Gasteiger partial charge in [0.2, 0.25) is 0 Å². The molecule has 1 aliphatic heterocycles. The molecule has 1 saturated heterocycles. The third-order valence-electron chi connectivity index (χ3n) is 4.87. The van der Waals surface area contributed by atoms with Crippen molar-refractivity contribution in [3.8, 4) is 6.07 Å². The van der Waals surface area contributed by atoms with E-state index in [1.807, 2.05) is 6.07 Å². The monoisotopic (exact) mass is 456 g/mol. The Balaban J connectivity index is 1.72.